The molecule has 0 fully saturated rings. The van der Waals surface area contributed by atoms with Crippen molar-refractivity contribution in [3.8, 4) is 0 Å². The van der Waals surface area contributed by atoms with Gasteiger partial charge in [-0.25, -0.2) is 4.79 Å². The van der Waals surface area contributed by atoms with Crippen LogP contribution in [0.1, 0.15) is 45.7 Å². The monoisotopic (exact) mass is 706 g/mol. The van der Waals surface area contributed by atoms with Crippen LogP contribution in [0.5, 0.6) is 0 Å². The van der Waals surface area contributed by atoms with Gasteiger partial charge in [0.25, 0.3) is 11.8 Å². The van der Waals surface area contributed by atoms with Crippen LogP contribution in [0, 0.1) is 6.92 Å². The SMILES string of the molecule is Cc1cncc(C(=O)NCCOCCOCCOCCNC(=O)OC(C)(C)Cc2cncc(C(=O)NCCOCCOCCOCCN)c2)c1. The van der Waals surface area contributed by atoms with E-state index in [4.69, 9.17) is 38.9 Å². The smallest absolute Gasteiger partial charge is 0.407 e. The van der Waals surface area contributed by atoms with Crippen LogP contribution >= 0.6 is 0 Å². The molecular weight excluding hydrogens is 652 g/mol. The van der Waals surface area contributed by atoms with E-state index in [2.05, 4.69) is 25.9 Å². The molecular formula is C34H54N6O10. The Balaban J connectivity index is 1.47. The summed E-state index contributed by atoms with van der Waals surface area (Å²) in [5.74, 6) is -0.466. The molecule has 0 unspecified atom stereocenters. The van der Waals surface area contributed by atoms with Crippen molar-refractivity contribution in [1.82, 2.24) is 25.9 Å². The van der Waals surface area contributed by atoms with Crippen LogP contribution in [0.15, 0.2) is 36.9 Å². The van der Waals surface area contributed by atoms with E-state index in [1.165, 1.54) is 12.4 Å². The molecule has 0 bridgehead atoms. The highest BCUT2D eigenvalue weighted by Crippen LogP contribution is 2.17. The van der Waals surface area contributed by atoms with Crippen molar-refractivity contribution < 1.29 is 47.5 Å². The number of nitrogens with zero attached hydrogens (tertiary/aromatic N) is 2. The van der Waals surface area contributed by atoms with Crippen molar-refractivity contribution in [3.05, 3.63) is 59.2 Å². The number of carbonyl (C=O) groups excluding carboxylic acids is 3. The van der Waals surface area contributed by atoms with Gasteiger partial charge in [0.05, 0.1) is 90.4 Å². The van der Waals surface area contributed by atoms with Crippen molar-refractivity contribution in [2.45, 2.75) is 32.8 Å². The maximum Gasteiger partial charge on any atom is 0.407 e. The molecule has 0 saturated heterocycles. The van der Waals surface area contributed by atoms with Crippen molar-refractivity contribution in [1.29, 1.82) is 0 Å². The standard InChI is InChI=1S/C34H54N6O10/c1-27-20-29(25-36-23-27)31(41)38-5-9-45-14-18-49-19-15-47-11-7-40-33(43)50-34(2,3)22-28-21-30(26-37-24-28)32(42)39-6-10-46-13-17-48-16-12-44-8-4-35/h20-21,23-26H,4-19,22,35H2,1-3H3,(H,38,41)(H,39,42)(H,40,43). The fourth-order valence-corrected chi connectivity index (χ4v) is 4.27. The number of alkyl carbamates (subject to hydrolysis) is 1. The zero-order chi connectivity index (χ0) is 36.3. The van der Waals surface area contributed by atoms with E-state index < -0.39 is 11.7 Å². The van der Waals surface area contributed by atoms with E-state index in [1.54, 1.807) is 38.4 Å². The van der Waals surface area contributed by atoms with Gasteiger partial charge in [-0.15, -0.1) is 0 Å². The average Bonchev–Trinajstić information content (AvgIpc) is 3.08. The fraction of sp³-hybridized carbons (Fsp3) is 0.618. The van der Waals surface area contributed by atoms with Gasteiger partial charge in [-0.2, -0.15) is 0 Å². The molecule has 2 rings (SSSR count). The third kappa shape index (κ3) is 20.7. The van der Waals surface area contributed by atoms with Crippen molar-refractivity contribution in [2.75, 3.05) is 105 Å². The molecule has 16 heteroatoms. The maximum absolute atomic E-state index is 12.6. The van der Waals surface area contributed by atoms with Crippen LogP contribution in [0.25, 0.3) is 0 Å². The summed E-state index contributed by atoms with van der Waals surface area (Å²) in [5.41, 5.74) is 7.07. The lowest BCUT2D eigenvalue weighted by Gasteiger charge is -2.25. The molecule has 16 nitrogen and oxygen atoms in total. The summed E-state index contributed by atoms with van der Waals surface area (Å²) in [7, 11) is 0. The second-order valence-corrected chi connectivity index (χ2v) is 11.6. The summed E-state index contributed by atoms with van der Waals surface area (Å²) in [6.45, 7) is 11.7. The molecule has 0 aromatic carbocycles. The Morgan fingerprint density at radius 3 is 1.56 bits per heavy atom. The molecule has 280 valence electrons. The number of amides is 3. The maximum atomic E-state index is 12.6. The van der Waals surface area contributed by atoms with Gasteiger partial charge < -0.3 is 54.8 Å². The van der Waals surface area contributed by atoms with E-state index in [-0.39, 0.29) is 25.0 Å². The van der Waals surface area contributed by atoms with Gasteiger partial charge in [0.2, 0.25) is 0 Å². The zero-order valence-electron chi connectivity index (χ0n) is 29.5. The number of hydrogen-bond donors (Lipinski definition) is 4. The van der Waals surface area contributed by atoms with Gasteiger partial charge in [-0.1, -0.05) is 0 Å². The Morgan fingerprint density at radius 1 is 0.620 bits per heavy atom. The highest BCUT2D eigenvalue weighted by Gasteiger charge is 2.24. The molecule has 2 aromatic heterocycles. The third-order valence-electron chi connectivity index (χ3n) is 6.52. The first kappa shape index (κ1) is 42.4. The fourth-order valence-electron chi connectivity index (χ4n) is 4.27. The Bertz CT molecular complexity index is 1250. The van der Waals surface area contributed by atoms with E-state index in [0.29, 0.717) is 110 Å². The Hall–Kier alpha value is -3.77. The molecule has 0 atom stereocenters. The highest BCUT2D eigenvalue weighted by molar-refractivity contribution is 5.94. The summed E-state index contributed by atoms with van der Waals surface area (Å²) in [4.78, 5) is 45.2. The molecule has 5 N–H and O–H groups in total. The number of nitrogens with two attached hydrogens (primary N) is 1. The van der Waals surface area contributed by atoms with Crippen LogP contribution in [-0.4, -0.2) is 139 Å². The first-order chi connectivity index (χ1) is 24.2. The second kappa shape index (κ2) is 26.1. The number of nitrogens with one attached hydrogen (secondary N) is 3. The van der Waals surface area contributed by atoms with Gasteiger partial charge in [0.1, 0.15) is 5.60 Å². The van der Waals surface area contributed by atoms with Crippen molar-refractivity contribution in [3.63, 3.8) is 0 Å². The number of rotatable bonds is 28. The average molecular weight is 707 g/mol. The van der Waals surface area contributed by atoms with Crippen LogP contribution in [-0.2, 0) is 39.6 Å². The lowest BCUT2D eigenvalue weighted by atomic mass is 9.98. The number of carbonyl (C=O) groups is 3. The minimum absolute atomic E-state index is 0.190. The summed E-state index contributed by atoms with van der Waals surface area (Å²) in [5, 5.41) is 8.25. The van der Waals surface area contributed by atoms with Gasteiger partial charge >= 0.3 is 6.09 Å². The molecule has 2 heterocycles. The van der Waals surface area contributed by atoms with Crippen molar-refractivity contribution >= 4 is 17.9 Å². The zero-order valence-corrected chi connectivity index (χ0v) is 29.5. The van der Waals surface area contributed by atoms with Crippen molar-refractivity contribution in [2.24, 2.45) is 5.73 Å². The van der Waals surface area contributed by atoms with Crippen LogP contribution in [0.3, 0.4) is 0 Å². The second-order valence-electron chi connectivity index (χ2n) is 11.6. The number of aromatic nitrogens is 2. The van der Waals surface area contributed by atoms with Gasteiger partial charge in [-0.3, -0.25) is 19.6 Å². The van der Waals surface area contributed by atoms with Gasteiger partial charge in [0, 0.05) is 57.4 Å². The number of pyridine rings is 2. The topological polar surface area (TPSA) is 204 Å². The molecule has 0 radical (unpaired) electrons. The normalized spacial score (nSPS) is 11.3. The quantitative estimate of drug-likeness (QED) is 0.0916. The number of ether oxygens (including phenoxy) is 7. The summed E-state index contributed by atoms with van der Waals surface area (Å²) >= 11 is 0. The highest BCUT2D eigenvalue weighted by atomic mass is 16.6. The predicted molar refractivity (Wildman–Crippen MR) is 184 cm³/mol. The van der Waals surface area contributed by atoms with Gasteiger partial charge in [-0.05, 0) is 44.0 Å². The Labute approximate surface area is 294 Å². The summed E-state index contributed by atoms with van der Waals surface area (Å²) < 4.78 is 38.1. The molecule has 0 spiro atoms. The summed E-state index contributed by atoms with van der Waals surface area (Å²) in [6.07, 6.45) is 6.11. The molecule has 0 aliphatic heterocycles. The molecule has 0 aliphatic rings. The third-order valence-corrected chi connectivity index (χ3v) is 6.52. The summed E-state index contributed by atoms with van der Waals surface area (Å²) in [6, 6.07) is 3.50. The van der Waals surface area contributed by atoms with Crippen LogP contribution in [0.4, 0.5) is 4.79 Å². The van der Waals surface area contributed by atoms with E-state index in [9.17, 15) is 14.4 Å². The molecule has 50 heavy (non-hydrogen) atoms. The van der Waals surface area contributed by atoms with E-state index in [0.717, 1.165) is 11.1 Å². The predicted octanol–water partition coefficient (Wildman–Crippen LogP) is 1.05. The first-order valence-corrected chi connectivity index (χ1v) is 16.8. The molecule has 2 aromatic rings. The number of aryl methyl sites for hydroxylation is 1. The lowest BCUT2D eigenvalue weighted by molar-refractivity contribution is 0.0138. The van der Waals surface area contributed by atoms with E-state index in [1.807, 2.05) is 6.92 Å². The Kier molecular flexibility index (Phi) is 22.1. The van der Waals surface area contributed by atoms with Gasteiger partial charge in [0.15, 0.2) is 0 Å². The molecule has 0 aliphatic carbocycles. The molecule has 3 amide bonds. The minimum Gasteiger partial charge on any atom is -0.443 e. The largest absolute Gasteiger partial charge is 0.443 e. The van der Waals surface area contributed by atoms with Crippen LogP contribution in [0.2, 0.25) is 0 Å². The molecule has 0 saturated carbocycles. The minimum atomic E-state index is -0.853. The van der Waals surface area contributed by atoms with Crippen LogP contribution < -0.4 is 21.7 Å². The Morgan fingerprint density at radius 2 is 1.06 bits per heavy atom. The first-order valence-electron chi connectivity index (χ1n) is 16.8. The van der Waals surface area contributed by atoms with E-state index >= 15 is 0 Å². The lowest BCUT2D eigenvalue weighted by Crippen LogP contribution is -2.37. The number of hydrogen-bond acceptors (Lipinski definition) is 13.